The normalized spacial score (nSPS) is 11.0. The predicted molar refractivity (Wildman–Crippen MR) is 76.8 cm³/mol. The molecule has 20 heavy (non-hydrogen) atoms. The molecule has 0 amide bonds. The molecule has 0 saturated heterocycles. The number of benzene rings is 1. The number of nitrogens with zero attached hydrogens (tertiary/aromatic N) is 1. The summed E-state index contributed by atoms with van der Waals surface area (Å²) in [6, 6.07) is 4.52. The fraction of sp³-hybridized carbons (Fsp3) is 0.462. The van der Waals surface area contributed by atoms with E-state index in [1.165, 1.54) is 6.07 Å². The second-order valence-corrected chi connectivity index (χ2v) is 5.88. The Morgan fingerprint density at radius 3 is 2.60 bits per heavy atom. The standard InChI is InChI=1S/C13H16BrNO5/c1-13(2,3)20-11(16)7-8-19-12-9(14)5-4-6-10(12)15(17)18/h4-6H,7-8H2,1-3H3. The Morgan fingerprint density at radius 1 is 1.40 bits per heavy atom. The highest BCUT2D eigenvalue weighted by Crippen LogP contribution is 2.34. The summed E-state index contributed by atoms with van der Waals surface area (Å²) in [6.07, 6.45) is 0.0236. The molecule has 0 aliphatic heterocycles. The molecule has 0 N–H and O–H groups in total. The molecule has 110 valence electrons. The van der Waals surface area contributed by atoms with Gasteiger partial charge in [0.1, 0.15) is 5.60 Å². The molecule has 1 aromatic carbocycles. The average molecular weight is 346 g/mol. The lowest BCUT2D eigenvalue weighted by Gasteiger charge is -2.19. The molecule has 6 nitrogen and oxygen atoms in total. The number of esters is 1. The molecule has 0 fully saturated rings. The van der Waals surface area contributed by atoms with Crippen molar-refractivity contribution in [2.24, 2.45) is 0 Å². The zero-order valence-electron chi connectivity index (χ0n) is 11.5. The van der Waals surface area contributed by atoms with Crippen LogP contribution in [0.4, 0.5) is 5.69 Å². The van der Waals surface area contributed by atoms with Crippen molar-refractivity contribution in [1.29, 1.82) is 0 Å². The van der Waals surface area contributed by atoms with Gasteiger partial charge in [-0.3, -0.25) is 14.9 Å². The van der Waals surface area contributed by atoms with Crippen LogP contribution in [0.1, 0.15) is 27.2 Å². The van der Waals surface area contributed by atoms with Crippen LogP contribution in [0.5, 0.6) is 5.75 Å². The van der Waals surface area contributed by atoms with Crippen LogP contribution in [0.3, 0.4) is 0 Å². The van der Waals surface area contributed by atoms with E-state index < -0.39 is 16.5 Å². The number of carbonyl (C=O) groups is 1. The van der Waals surface area contributed by atoms with Crippen molar-refractivity contribution in [3.05, 3.63) is 32.8 Å². The summed E-state index contributed by atoms with van der Waals surface area (Å²) < 4.78 is 10.9. The second-order valence-electron chi connectivity index (χ2n) is 5.03. The number of hydrogen-bond acceptors (Lipinski definition) is 5. The van der Waals surface area contributed by atoms with Gasteiger partial charge < -0.3 is 9.47 Å². The van der Waals surface area contributed by atoms with E-state index in [9.17, 15) is 14.9 Å². The monoisotopic (exact) mass is 345 g/mol. The van der Waals surface area contributed by atoms with Gasteiger partial charge in [-0.2, -0.15) is 0 Å². The van der Waals surface area contributed by atoms with Gasteiger partial charge in [-0.05, 0) is 42.8 Å². The minimum Gasteiger partial charge on any atom is -0.485 e. The summed E-state index contributed by atoms with van der Waals surface area (Å²) >= 11 is 3.19. The van der Waals surface area contributed by atoms with E-state index in [2.05, 4.69) is 15.9 Å². The summed E-state index contributed by atoms with van der Waals surface area (Å²) in [7, 11) is 0. The Morgan fingerprint density at radius 2 is 2.05 bits per heavy atom. The molecule has 0 spiro atoms. The van der Waals surface area contributed by atoms with E-state index >= 15 is 0 Å². The lowest BCUT2D eigenvalue weighted by atomic mass is 10.2. The third kappa shape index (κ3) is 5.16. The summed E-state index contributed by atoms with van der Waals surface area (Å²) in [5.74, 6) is -0.298. The summed E-state index contributed by atoms with van der Waals surface area (Å²) in [6.45, 7) is 5.32. The average Bonchev–Trinajstić information content (AvgIpc) is 2.28. The van der Waals surface area contributed by atoms with Crippen molar-refractivity contribution in [2.45, 2.75) is 32.8 Å². The second kappa shape index (κ2) is 6.69. The van der Waals surface area contributed by atoms with Crippen molar-refractivity contribution in [2.75, 3.05) is 6.61 Å². The number of nitro groups is 1. The maximum Gasteiger partial charge on any atom is 0.312 e. The first-order valence-electron chi connectivity index (χ1n) is 5.98. The van der Waals surface area contributed by atoms with Crippen LogP contribution in [0.25, 0.3) is 0 Å². The topological polar surface area (TPSA) is 78.7 Å². The fourth-order valence-corrected chi connectivity index (χ4v) is 1.88. The van der Waals surface area contributed by atoms with Crippen molar-refractivity contribution in [3.63, 3.8) is 0 Å². The molecule has 0 aliphatic rings. The SMILES string of the molecule is CC(C)(C)OC(=O)CCOc1c(Br)cccc1[N+](=O)[O-]. The first-order chi connectivity index (χ1) is 9.20. The summed E-state index contributed by atoms with van der Waals surface area (Å²) in [5, 5.41) is 10.9. The van der Waals surface area contributed by atoms with Gasteiger partial charge in [0, 0.05) is 6.07 Å². The Kier molecular flexibility index (Phi) is 5.50. The lowest BCUT2D eigenvalue weighted by molar-refractivity contribution is -0.386. The van der Waals surface area contributed by atoms with E-state index in [0.717, 1.165) is 0 Å². The van der Waals surface area contributed by atoms with Crippen LogP contribution < -0.4 is 4.74 Å². The maximum atomic E-state index is 11.5. The Bertz CT molecular complexity index is 510. The van der Waals surface area contributed by atoms with Crippen LogP contribution in [0.15, 0.2) is 22.7 Å². The summed E-state index contributed by atoms with van der Waals surface area (Å²) in [5.41, 5.74) is -0.709. The molecular formula is C13H16BrNO5. The number of halogens is 1. The van der Waals surface area contributed by atoms with Gasteiger partial charge in [0.25, 0.3) is 0 Å². The smallest absolute Gasteiger partial charge is 0.312 e. The van der Waals surface area contributed by atoms with Crippen LogP contribution >= 0.6 is 15.9 Å². The number of ether oxygens (including phenoxy) is 2. The number of para-hydroxylation sites is 1. The number of rotatable bonds is 5. The summed E-state index contributed by atoms with van der Waals surface area (Å²) in [4.78, 5) is 21.8. The largest absolute Gasteiger partial charge is 0.485 e. The number of hydrogen-bond donors (Lipinski definition) is 0. The zero-order valence-corrected chi connectivity index (χ0v) is 13.1. The quantitative estimate of drug-likeness (QED) is 0.463. The molecule has 0 aliphatic carbocycles. The Labute approximate surface area is 125 Å². The molecular weight excluding hydrogens is 330 g/mol. The molecule has 1 aromatic rings. The molecule has 0 bridgehead atoms. The highest BCUT2D eigenvalue weighted by Gasteiger charge is 2.19. The van der Waals surface area contributed by atoms with E-state index in [-0.39, 0.29) is 24.5 Å². The van der Waals surface area contributed by atoms with Crippen LogP contribution in [0.2, 0.25) is 0 Å². The highest BCUT2D eigenvalue weighted by molar-refractivity contribution is 9.10. The highest BCUT2D eigenvalue weighted by atomic mass is 79.9. The lowest BCUT2D eigenvalue weighted by Crippen LogP contribution is -2.24. The van der Waals surface area contributed by atoms with Gasteiger partial charge in [-0.25, -0.2) is 0 Å². The minimum atomic E-state index is -0.559. The van der Waals surface area contributed by atoms with Gasteiger partial charge in [-0.1, -0.05) is 6.07 Å². The number of nitro benzene ring substituents is 1. The molecule has 0 saturated carbocycles. The van der Waals surface area contributed by atoms with Gasteiger partial charge in [-0.15, -0.1) is 0 Å². The molecule has 7 heteroatoms. The number of carbonyl (C=O) groups excluding carboxylic acids is 1. The van der Waals surface area contributed by atoms with Gasteiger partial charge in [0.2, 0.25) is 5.75 Å². The van der Waals surface area contributed by atoms with Crippen LogP contribution in [-0.2, 0) is 9.53 Å². The minimum absolute atomic E-state index is 0.0123. The Balaban J connectivity index is 2.63. The predicted octanol–water partition coefficient (Wildman–Crippen LogP) is 3.47. The van der Waals surface area contributed by atoms with Crippen molar-refractivity contribution in [1.82, 2.24) is 0 Å². The molecule has 0 heterocycles. The van der Waals surface area contributed by atoms with Crippen molar-refractivity contribution < 1.29 is 19.2 Å². The maximum absolute atomic E-state index is 11.5. The van der Waals surface area contributed by atoms with Crippen molar-refractivity contribution in [3.8, 4) is 5.75 Å². The zero-order chi connectivity index (χ0) is 15.3. The molecule has 0 radical (unpaired) electrons. The molecule has 0 aromatic heterocycles. The Hall–Kier alpha value is -1.63. The molecule has 0 atom stereocenters. The molecule has 1 rings (SSSR count). The fourth-order valence-electron chi connectivity index (χ4n) is 1.41. The first-order valence-corrected chi connectivity index (χ1v) is 6.77. The van der Waals surface area contributed by atoms with E-state index in [1.807, 2.05) is 0 Å². The van der Waals surface area contributed by atoms with E-state index in [0.29, 0.717) is 4.47 Å². The van der Waals surface area contributed by atoms with Gasteiger partial charge in [0.15, 0.2) is 0 Å². The van der Waals surface area contributed by atoms with Gasteiger partial charge in [0.05, 0.1) is 22.4 Å². The van der Waals surface area contributed by atoms with Crippen LogP contribution in [-0.4, -0.2) is 23.1 Å². The van der Waals surface area contributed by atoms with Gasteiger partial charge >= 0.3 is 11.7 Å². The van der Waals surface area contributed by atoms with Crippen LogP contribution in [0, 0.1) is 10.1 Å². The third-order valence-electron chi connectivity index (χ3n) is 2.12. The first kappa shape index (κ1) is 16.4. The van der Waals surface area contributed by atoms with E-state index in [4.69, 9.17) is 9.47 Å². The molecule has 0 unspecified atom stereocenters. The van der Waals surface area contributed by atoms with Crippen molar-refractivity contribution >= 4 is 27.6 Å². The van der Waals surface area contributed by atoms with E-state index in [1.54, 1.807) is 32.9 Å². The third-order valence-corrected chi connectivity index (χ3v) is 2.74.